The molecule has 2 unspecified atom stereocenters. The lowest BCUT2D eigenvalue weighted by Gasteiger charge is -2.20. The Morgan fingerprint density at radius 3 is 1.46 bits per heavy atom. The van der Waals surface area contributed by atoms with Gasteiger partial charge in [0.2, 0.25) is 0 Å². The quantitative estimate of drug-likeness (QED) is 0.0276. The summed E-state index contributed by atoms with van der Waals surface area (Å²) in [5, 5.41) is 0. The molecule has 0 radical (unpaired) electrons. The molecule has 0 saturated heterocycles. The number of nitrogens with two attached hydrogens (primary N) is 1. The minimum Gasteiger partial charge on any atom is -0.457 e. The van der Waals surface area contributed by atoms with Crippen LogP contribution >= 0.6 is 7.82 Å². The van der Waals surface area contributed by atoms with E-state index in [1.807, 2.05) is 0 Å². The third kappa shape index (κ3) is 38.5. The van der Waals surface area contributed by atoms with Gasteiger partial charge in [-0.1, -0.05) is 174 Å². The zero-order valence-corrected chi connectivity index (χ0v) is 33.8. The molecule has 0 fully saturated rings. The summed E-state index contributed by atoms with van der Waals surface area (Å²) in [6, 6.07) is 0. The van der Waals surface area contributed by atoms with Crippen LogP contribution in [0.4, 0.5) is 0 Å². The number of hydrogen-bond donors (Lipinski definition) is 2. The van der Waals surface area contributed by atoms with Crippen molar-refractivity contribution in [2.75, 3.05) is 33.0 Å². The number of ether oxygens (including phenoxy) is 2. The van der Waals surface area contributed by atoms with Crippen LogP contribution in [0.3, 0.4) is 0 Å². The molecular formula is C41H82NO7P. The first-order valence-electron chi connectivity index (χ1n) is 21.2. The lowest BCUT2D eigenvalue weighted by molar-refractivity contribution is -0.154. The van der Waals surface area contributed by atoms with Gasteiger partial charge in [-0.15, -0.1) is 0 Å². The number of unbranched alkanes of at least 4 members (excludes halogenated alkanes) is 26. The third-order valence-electron chi connectivity index (χ3n) is 9.18. The fourth-order valence-corrected chi connectivity index (χ4v) is 6.82. The van der Waals surface area contributed by atoms with Gasteiger partial charge < -0.3 is 20.1 Å². The molecule has 9 heteroatoms. The maximum absolute atomic E-state index is 12.6. The van der Waals surface area contributed by atoms with Gasteiger partial charge in [0.15, 0.2) is 0 Å². The number of phosphoric acid groups is 1. The van der Waals surface area contributed by atoms with Crippen LogP contribution in [-0.2, 0) is 27.9 Å². The van der Waals surface area contributed by atoms with Gasteiger partial charge in [-0.2, -0.15) is 0 Å². The van der Waals surface area contributed by atoms with Crippen molar-refractivity contribution in [1.29, 1.82) is 0 Å². The topological polar surface area (TPSA) is 117 Å². The van der Waals surface area contributed by atoms with Crippen molar-refractivity contribution in [3.8, 4) is 0 Å². The molecule has 298 valence electrons. The molecule has 3 N–H and O–H groups in total. The van der Waals surface area contributed by atoms with Crippen LogP contribution in [0.2, 0.25) is 0 Å². The summed E-state index contributed by atoms with van der Waals surface area (Å²) in [4.78, 5) is 22.4. The molecule has 0 aliphatic carbocycles. The number of carbonyl (C=O) groups excluding carboxylic acids is 1. The molecule has 0 aromatic carbocycles. The van der Waals surface area contributed by atoms with Gasteiger partial charge >= 0.3 is 13.8 Å². The average Bonchev–Trinajstić information content (AvgIpc) is 3.10. The highest BCUT2D eigenvalue weighted by Crippen LogP contribution is 2.43. The third-order valence-corrected chi connectivity index (χ3v) is 10.2. The van der Waals surface area contributed by atoms with Crippen molar-refractivity contribution in [3.05, 3.63) is 12.2 Å². The minimum atomic E-state index is -4.27. The molecule has 2 atom stereocenters. The fraction of sp³-hybridized carbons (Fsp3) is 0.927. The second-order valence-corrected chi connectivity index (χ2v) is 15.7. The van der Waals surface area contributed by atoms with Crippen LogP contribution in [0.25, 0.3) is 0 Å². The molecule has 0 aromatic heterocycles. The average molecular weight is 732 g/mol. The number of esters is 1. The van der Waals surface area contributed by atoms with Gasteiger partial charge in [-0.25, -0.2) is 4.57 Å². The summed E-state index contributed by atoms with van der Waals surface area (Å²) in [5.41, 5.74) is 5.36. The molecule has 0 spiro atoms. The molecule has 0 bridgehead atoms. The van der Waals surface area contributed by atoms with E-state index in [1.165, 1.54) is 154 Å². The largest absolute Gasteiger partial charge is 0.472 e. The summed E-state index contributed by atoms with van der Waals surface area (Å²) < 4.78 is 33.4. The summed E-state index contributed by atoms with van der Waals surface area (Å²) in [6.07, 6.45) is 40.8. The summed E-state index contributed by atoms with van der Waals surface area (Å²) >= 11 is 0. The van der Waals surface area contributed by atoms with Crippen LogP contribution in [0.5, 0.6) is 0 Å². The van der Waals surface area contributed by atoms with Gasteiger partial charge in [0, 0.05) is 19.6 Å². The molecule has 0 heterocycles. The second kappa shape index (κ2) is 39.4. The number of phosphoric ester groups is 1. The lowest BCUT2D eigenvalue weighted by Crippen LogP contribution is -2.28. The van der Waals surface area contributed by atoms with Crippen LogP contribution in [0.15, 0.2) is 12.2 Å². The Morgan fingerprint density at radius 1 is 0.580 bits per heavy atom. The first-order chi connectivity index (χ1) is 24.4. The Morgan fingerprint density at radius 2 is 1.00 bits per heavy atom. The molecule has 8 nitrogen and oxygen atoms in total. The molecular weight excluding hydrogens is 649 g/mol. The van der Waals surface area contributed by atoms with Gasteiger partial charge in [0.1, 0.15) is 6.10 Å². The molecule has 0 aliphatic heterocycles. The van der Waals surface area contributed by atoms with E-state index in [9.17, 15) is 14.3 Å². The van der Waals surface area contributed by atoms with Crippen LogP contribution in [0, 0.1) is 0 Å². The molecule has 0 amide bonds. The normalized spacial score (nSPS) is 13.6. The highest BCUT2D eigenvalue weighted by Gasteiger charge is 2.25. The number of allylic oxidation sites excluding steroid dienone is 2. The van der Waals surface area contributed by atoms with E-state index in [1.54, 1.807) is 0 Å². The van der Waals surface area contributed by atoms with Gasteiger partial charge in [-0.05, 0) is 38.5 Å². The standard InChI is InChI=1S/C41H82NO7P/c1-3-5-7-9-11-13-15-17-19-21-23-25-27-29-31-33-36-46-38-40(39-48-50(44,45)47-37-35-42)49-41(43)34-32-30-28-26-24-22-20-18-16-14-12-10-8-6-4-2/h17,19,40H,3-16,18,20-39,42H2,1-2H3,(H,44,45)/b19-17-. The van der Waals surface area contributed by atoms with Crippen LogP contribution in [0.1, 0.15) is 206 Å². The van der Waals surface area contributed by atoms with Gasteiger partial charge in [0.25, 0.3) is 0 Å². The Bertz CT molecular complexity index is 782. The molecule has 50 heavy (non-hydrogen) atoms. The lowest BCUT2D eigenvalue weighted by atomic mass is 10.0. The summed E-state index contributed by atoms with van der Waals surface area (Å²) in [6.45, 7) is 4.94. The number of carbonyl (C=O) groups is 1. The molecule has 0 saturated carbocycles. The minimum absolute atomic E-state index is 0.0934. The smallest absolute Gasteiger partial charge is 0.457 e. The Hall–Kier alpha value is -0.760. The van der Waals surface area contributed by atoms with E-state index in [-0.39, 0.29) is 32.3 Å². The predicted molar refractivity (Wildman–Crippen MR) is 210 cm³/mol. The van der Waals surface area contributed by atoms with E-state index in [2.05, 4.69) is 26.0 Å². The summed E-state index contributed by atoms with van der Waals surface area (Å²) in [7, 11) is -4.27. The predicted octanol–water partition coefficient (Wildman–Crippen LogP) is 12.3. The second-order valence-electron chi connectivity index (χ2n) is 14.2. The molecule has 0 aromatic rings. The zero-order chi connectivity index (χ0) is 36.6. The molecule has 0 rings (SSSR count). The van der Waals surface area contributed by atoms with E-state index < -0.39 is 13.9 Å². The highest BCUT2D eigenvalue weighted by molar-refractivity contribution is 7.47. The first-order valence-corrected chi connectivity index (χ1v) is 22.7. The number of hydrogen-bond acceptors (Lipinski definition) is 7. The van der Waals surface area contributed by atoms with Gasteiger partial charge in [0.05, 0.1) is 19.8 Å². The maximum atomic E-state index is 12.6. The SMILES string of the molecule is CCCCCCCC/C=C\CCCCCCCCOCC(COP(=O)(O)OCCN)OC(=O)CCCCCCCCCCCCCCCCC. The van der Waals surface area contributed by atoms with E-state index in [0.717, 1.165) is 32.1 Å². The van der Waals surface area contributed by atoms with Crippen molar-refractivity contribution < 1.29 is 32.8 Å². The number of rotatable bonds is 41. The molecule has 0 aliphatic rings. The first kappa shape index (κ1) is 49.2. The van der Waals surface area contributed by atoms with E-state index in [0.29, 0.717) is 13.0 Å². The zero-order valence-electron chi connectivity index (χ0n) is 32.9. The maximum Gasteiger partial charge on any atom is 0.472 e. The van der Waals surface area contributed by atoms with Gasteiger partial charge in [-0.3, -0.25) is 13.8 Å². The fourth-order valence-electron chi connectivity index (χ4n) is 6.05. The van der Waals surface area contributed by atoms with Crippen molar-refractivity contribution >= 4 is 13.8 Å². The van der Waals surface area contributed by atoms with Crippen molar-refractivity contribution in [3.63, 3.8) is 0 Å². The van der Waals surface area contributed by atoms with Crippen LogP contribution in [-0.4, -0.2) is 49.9 Å². The summed E-state index contributed by atoms with van der Waals surface area (Å²) in [5.74, 6) is -0.329. The van der Waals surface area contributed by atoms with Crippen molar-refractivity contribution in [2.24, 2.45) is 5.73 Å². The monoisotopic (exact) mass is 732 g/mol. The van der Waals surface area contributed by atoms with E-state index in [4.69, 9.17) is 24.3 Å². The Labute approximate surface area is 309 Å². The Kier molecular flexibility index (Phi) is 38.8. The van der Waals surface area contributed by atoms with Crippen molar-refractivity contribution in [2.45, 2.75) is 213 Å². The Balaban J connectivity index is 4.02. The van der Waals surface area contributed by atoms with Crippen LogP contribution < -0.4 is 5.73 Å². The van der Waals surface area contributed by atoms with E-state index >= 15 is 0 Å². The highest BCUT2D eigenvalue weighted by atomic mass is 31.2. The van der Waals surface area contributed by atoms with Crippen molar-refractivity contribution in [1.82, 2.24) is 0 Å².